The van der Waals surface area contributed by atoms with E-state index in [1.807, 2.05) is 34.6 Å². The predicted molar refractivity (Wildman–Crippen MR) is 358 cm³/mol. The quantitative estimate of drug-likeness (QED) is 0.0176. The van der Waals surface area contributed by atoms with Crippen molar-refractivity contribution in [3.8, 4) is 0 Å². The summed E-state index contributed by atoms with van der Waals surface area (Å²) in [6.45, 7) is 25.8. The molecule has 2 fully saturated rings. The monoisotopic (exact) mass is 1340 g/mol. The van der Waals surface area contributed by atoms with Crippen LogP contribution >= 0.6 is 0 Å². The van der Waals surface area contributed by atoms with Crippen molar-refractivity contribution in [3.63, 3.8) is 0 Å². The Labute approximate surface area is 559 Å². The molecular weight excluding hydrogens is 1220 g/mol. The van der Waals surface area contributed by atoms with Gasteiger partial charge in [-0.25, -0.2) is 0 Å². The Kier molecular flexibility index (Phi) is 38.0. The number of aliphatic hydroxyl groups excluding tert-OH is 16. The third-order valence-electron chi connectivity index (χ3n) is 19.7. The van der Waals surface area contributed by atoms with Crippen molar-refractivity contribution in [2.75, 3.05) is 7.05 Å². The van der Waals surface area contributed by atoms with E-state index in [0.717, 1.165) is 0 Å². The van der Waals surface area contributed by atoms with Gasteiger partial charge in [0.1, 0.15) is 17.4 Å². The SMILES string of the molecule is C/C(=C\[C@H](O)[C@H](O)C[C@H](O)C[C@H](O[C@@H]1O[C@H](C)[C@@H](O)[C@H](N)[C@@H]1O)[C@H](C)CC[C@H](O)C[C@H](O)CC[C@H](C)[C@H](O)[C@H](C)[C@H](O)C(C)C)C(=O)[C@H](C)/C=C(\C)[C@H](O)[C@@H](C)[C@@H](O)CCC[C@@H](O)[C@@H](C)[C@@H](O)[C@@H](C)CC[C@@H](O)C[C@@H](O)C/C=C(\C)C(O)=C1C(=O)/C(=C/C(C)C)N(C)C1=O. The van der Waals surface area contributed by atoms with Crippen LogP contribution in [0.1, 0.15) is 194 Å². The van der Waals surface area contributed by atoms with Gasteiger partial charge in [0.25, 0.3) is 5.91 Å². The van der Waals surface area contributed by atoms with E-state index in [1.54, 1.807) is 67.5 Å². The molecule has 0 aromatic rings. The number of aliphatic hydroxyl groups is 16. The van der Waals surface area contributed by atoms with Crippen molar-refractivity contribution in [1.82, 2.24) is 4.90 Å². The first-order chi connectivity index (χ1) is 43.5. The first-order valence-electron chi connectivity index (χ1n) is 34.4. The van der Waals surface area contributed by atoms with Gasteiger partial charge in [-0.15, -0.1) is 0 Å². The van der Waals surface area contributed by atoms with Crippen molar-refractivity contribution in [2.45, 2.75) is 310 Å². The number of hydrogen-bond acceptors (Lipinski definition) is 22. The van der Waals surface area contributed by atoms with Crippen molar-refractivity contribution in [3.05, 3.63) is 58.1 Å². The number of likely N-dealkylation sites (N-methyl/N-ethyl adjacent to an activating group) is 1. The van der Waals surface area contributed by atoms with Crippen LogP contribution in [0.15, 0.2) is 58.1 Å². The van der Waals surface area contributed by atoms with Gasteiger partial charge in [-0.05, 0) is 164 Å². The van der Waals surface area contributed by atoms with E-state index in [0.29, 0.717) is 37.7 Å². The van der Waals surface area contributed by atoms with Crippen LogP contribution in [0.3, 0.4) is 0 Å². The number of nitrogens with two attached hydrogens (primary N) is 1. The number of ether oxygens (including phenoxy) is 2. The van der Waals surface area contributed by atoms with Crippen LogP contribution in [-0.4, -0.2) is 227 Å². The molecule has 23 heteroatoms. The van der Waals surface area contributed by atoms with Gasteiger partial charge in [-0.1, -0.05) is 94.4 Å². The van der Waals surface area contributed by atoms with Gasteiger partial charge < -0.3 is 102 Å². The fourth-order valence-electron chi connectivity index (χ4n) is 12.6. The van der Waals surface area contributed by atoms with E-state index in [4.69, 9.17) is 15.2 Å². The smallest absolute Gasteiger partial charge is 0.265 e. The topological polar surface area (TPSA) is 423 Å². The summed E-state index contributed by atoms with van der Waals surface area (Å²) in [6.07, 6.45) is -11.3. The summed E-state index contributed by atoms with van der Waals surface area (Å²) in [5, 5.41) is 175. The maximum Gasteiger partial charge on any atom is 0.265 e. The Hall–Kier alpha value is -3.41. The van der Waals surface area contributed by atoms with E-state index in [1.165, 1.54) is 37.9 Å². The molecule has 0 aliphatic carbocycles. The number of rotatable bonds is 43. The number of amides is 1. The molecule has 18 N–H and O–H groups in total. The third kappa shape index (κ3) is 27.0. The maximum absolute atomic E-state index is 13.6. The maximum atomic E-state index is 13.6. The number of hydrogen-bond donors (Lipinski definition) is 17. The van der Waals surface area contributed by atoms with Crippen molar-refractivity contribution in [1.29, 1.82) is 0 Å². The third-order valence-corrected chi connectivity index (χ3v) is 19.7. The van der Waals surface area contributed by atoms with E-state index >= 15 is 0 Å². The molecule has 0 spiro atoms. The molecule has 546 valence electrons. The summed E-state index contributed by atoms with van der Waals surface area (Å²) in [6, 6.07) is -1.12. The van der Waals surface area contributed by atoms with Gasteiger partial charge in [0.15, 0.2) is 12.1 Å². The van der Waals surface area contributed by atoms with Gasteiger partial charge in [0.05, 0.1) is 109 Å². The van der Waals surface area contributed by atoms with Gasteiger partial charge in [-0.3, -0.25) is 14.4 Å². The molecule has 26 atom stereocenters. The van der Waals surface area contributed by atoms with Crippen molar-refractivity contribution in [2.24, 2.45) is 59.0 Å². The summed E-state index contributed by atoms with van der Waals surface area (Å²) in [7, 11) is 1.46. The summed E-state index contributed by atoms with van der Waals surface area (Å²) in [5.74, 6) is -5.57. The van der Waals surface area contributed by atoms with E-state index < -0.39 is 163 Å². The summed E-state index contributed by atoms with van der Waals surface area (Å²) in [5.41, 5.74) is 6.65. The second-order valence-corrected chi connectivity index (χ2v) is 28.9. The molecule has 0 aromatic heterocycles. The fourth-order valence-corrected chi connectivity index (χ4v) is 12.6. The molecule has 2 saturated heterocycles. The average molecular weight is 1340 g/mol. The zero-order valence-electron chi connectivity index (χ0n) is 59.1. The Morgan fingerprint density at radius 2 is 1.10 bits per heavy atom. The van der Waals surface area contributed by atoms with Gasteiger partial charge in [0, 0.05) is 37.1 Å². The lowest BCUT2D eigenvalue weighted by Gasteiger charge is -2.42. The lowest BCUT2D eigenvalue weighted by Crippen LogP contribution is -2.61. The number of allylic oxidation sites excluding steroid dienone is 5. The Morgan fingerprint density at radius 1 is 0.596 bits per heavy atom. The predicted octanol–water partition coefficient (Wildman–Crippen LogP) is 4.23. The van der Waals surface area contributed by atoms with Crippen LogP contribution < -0.4 is 5.73 Å². The number of Topliss-reactive ketones (excluding diaryl/α,β-unsaturated/α-hetero) is 2. The van der Waals surface area contributed by atoms with E-state index in [2.05, 4.69) is 0 Å². The molecule has 0 bridgehead atoms. The van der Waals surface area contributed by atoms with Crippen LogP contribution in [0.4, 0.5) is 0 Å². The van der Waals surface area contributed by atoms with Crippen LogP contribution in [0, 0.1) is 53.3 Å². The van der Waals surface area contributed by atoms with Gasteiger partial charge >= 0.3 is 0 Å². The molecule has 2 heterocycles. The molecule has 2 aliphatic rings. The average Bonchev–Trinajstić information content (AvgIpc) is 1.61. The number of carbonyl (C=O) groups excluding carboxylic acids is 3. The summed E-state index contributed by atoms with van der Waals surface area (Å²) in [4.78, 5) is 40.5. The first-order valence-corrected chi connectivity index (χ1v) is 34.4. The highest BCUT2D eigenvalue weighted by molar-refractivity contribution is 6.32. The van der Waals surface area contributed by atoms with E-state index in [-0.39, 0.29) is 110 Å². The lowest BCUT2D eigenvalue weighted by molar-refractivity contribution is -0.287. The minimum atomic E-state index is -1.61. The number of ketones is 2. The number of carbonyl (C=O) groups is 3. The Bertz CT molecular complexity index is 2450. The number of nitrogens with zero attached hydrogens (tertiary/aromatic N) is 1. The fraction of sp³-hybridized carbons (Fsp3) is 0.817. The second-order valence-electron chi connectivity index (χ2n) is 28.9. The minimum absolute atomic E-state index is 0.00698. The minimum Gasteiger partial charge on any atom is -0.507 e. The first kappa shape index (κ1) is 86.7. The number of likely N-dealkylation sites (tertiary alicyclic amines) is 1. The van der Waals surface area contributed by atoms with Crippen LogP contribution in [-0.2, 0) is 23.9 Å². The molecule has 94 heavy (non-hydrogen) atoms. The zero-order chi connectivity index (χ0) is 72.1. The van der Waals surface area contributed by atoms with Crippen LogP contribution in [0.5, 0.6) is 0 Å². The molecule has 1 amide bonds. The molecule has 0 unspecified atom stereocenters. The molecule has 2 aliphatic heterocycles. The van der Waals surface area contributed by atoms with E-state index in [9.17, 15) is 96.1 Å². The Morgan fingerprint density at radius 3 is 1.62 bits per heavy atom. The lowest BCUT2D eigenvalue weighted by atomic mass is 9.82. The molecule has 2 rings (SSSR count). The van der Waals surface area contributed by atoms with Crippen LogP contribution in [0.2, 0.25) is 0 Å². The molecule has 0 saturated carbocycles. The standard InChI is InChI=1S/C71H126N2O21/c1-35(2)28-53-68(90)59(70(92)73(53)16)66(88)40(8)23-27-51(77)32-49(75)25-21-38(6)63(85)44(12)54(79)18-17-19-55(80)45(13)65(87)42(10)29-41(9)62(84)43(11)30-56(81)57(82)33-52(78)34-58(94-71-69(91)60(72)67(89)47(15)93-71)37(5)20-24-48(74)31-50(76)26-22-39(7)64(86)46(14)61(83)36(3)4/h23,28-30,35-39,41,44-52,54-58,60-61,63-65,67,69,71,74-83,85-89,91H,17-22,24-27,31-34,72H2,1-16H3/b40-23+,42-29+,43-30+,53-28-,66-59?/t37-,38+,39+,41-,44-,45+,46-,47-,48+,49-,50-,51+,52+,54-,55+,56+,57-,58+,60+,61-,63+,64+,65+,67-,69+,71+/m1/s1. The Balaban J connectivity index is 1.95. The van der Waals surface area contributed by atoms with Crippen molar-refractivity contribution < 1.29 is 106 Å². The van der Waals surface area contributed by atoms with Gasteiger partial charge in [0.2, 0.25) is 5.78 Å². The summed E-state index contributed by atoms with van der Waals surface area (Å²) < 4.78 is 12.0. The highest BCUT2D eigenvalue weighted by Gasteiger charge is 2.44. The molecule has 23 nitrogen and oxygen atoms in total. The highest BCUT2D eigenvalue weighted by Crippen LogP contribution is 2.33. The molecule has 0 radical (unpaired) electrons. The highest BCUT2D eigenvalue weighted by atomic mass is 16.7. The normalized spacial score (nSPS) is 26.7. The van der Waals surface area contributed by atoms with Gasteiger partial charge in [-0.2, -0.15) is 0 Å². The molecular formula is C71H126N2O21. The molecule has 0 aromatic carbocycles. The zero-order valence-corrected chi connectivity index (χ0v) is 59.1. The van der Waals surface area contributed by atoms with Crippen molar-refractivity contribution >= 4 is 17.5 Å². The largest absolute Gasteiger partial charge is 0.507 e. The van der Waals surface area contributed by atoms with Crippen LogP contribution in [0.25, 0.3) is 0 Å². The summed E-state index contributed by atoms with van der Waals surface area (Å²) >= 11 is 0. The second kappa shape index (κ2) is 41.2.